The number of aromatic nitrogens is 2. The van der Waals surface area contributed by atoms with Crippen molar-refractivity contribution >= 4 is 51.8 Å². The third-order valence-corrected chi connectivity index (χ3v) is 5.30. The normalized spacial score (nSPS) is 13.4. The van der Waals surface area contributed by atoms with Gasteiger partial charge in [0.05, 0.1) is 6.42 Å². The van der Waals surface area contributed by atoms with Crippen LogP contribution in [0.3, 0.4) is 0 Å². The van der Waals surface area contributed by atoms with Crippen LogP contribution in [0.2, 0.25) is 5.02 Å². The molecule has 0 saturated heterocycles. The maximum absolute atomic E-state index is 13.0. The number of rotatable bonds is 4. The lowest BCUT2D eigenvalue weighted by atomic mass is 9.99. The second kappa shape index (κ2) is 8.29. The first-order valence-corrected chi connectivity index (χ1v) is 10.3. The summed E-state index contributed by atoms with van der Waals surface area (Å²) in [5.74, 6) is -0.687. The highest BCUT2D eigenvalue weighted by atomic mass is 35.5. The van der Waals surface area contributed by atoms with E-state index in [1.165, 1.54) is 0 Å². The number of aromatic hydroxyl groups is 1. The van der Waals surface area contributed by atoms with Gasteiger partial charge in [-0.15, -0.1) is 10.2 Å². The summed E-state index contributed by atoms with van der Waals surface area (Å²) in [5.41, 5.74) is 1.13. The number of hydrogen-bond donors (Lipinski definition) is 2. The Labute approximate surface area is 192 Å². The molecule has 2 N–H and O–H groups in total. The Kier molecular flexibility index (Phi) is 5.15. The van der Waals surface area contributed by atoms with Crippen molar-refractivity contribution in [1.29, 1.82) is 0 Å². The first kappa shape index (κ1) is 20.5. The van der Waals surface area contributed by atoms with Gasteiger partial charge in [0.15, 0.2) is 5.78 Å². The van der Waals surface area contributed by atoms with Crippen molar-refractivity contribution in [3.05, 3.63) is 83.0 Å². The number of fused-ring (bicyclic) bond motifs is 2. The zero-order valence-electron chi connectivity index (χ0n) is 16.9. The van der Waals surface area contributed by atoms with Gasteiger partial charge in [0.1, 0.15) is 5.69 Å². The number of benzene rings is 3. The summed E-state index contributed by atoms with van der Waals surface area (Å²) in [6.07, 6.45) is -0.153. The molecule has 0 atom stereocenters. The fourth-order valence-electron chi connectivity index (χ4n) is 3.51. The molecule has 0 radical (unpaired) electrons. The molecule has 0 fully saturated rings. The van der Waals surface area contributed by atoms with Crippen LogP contribution in [0.25, 0.3) is 10.8 Å². The van der Waals surface area contributed by atoms with E-state index in [2.05, 4.69) is 25.5 Å². The minimum absolute atomic E-state index is 0.0336. The summed E-state index contributed by atoms with van der Waals surface area (Å²) in [6.45, 7) is 0. The molecule has 1 aliphatic heterocycles. The Morgan fingerprint density at radius 1 is 1.00 bits per heavy atom. The summed E-state index contributed by atoms with van der Waals surface area (Å²) in [7, 11) is 0. The van der Waals surface area contributed by atoms with Gasteiger partial charge in [0.25, 0.3) is 11.9 Å². The lowest BCUT2D eigenvalue weighted by molar-refractivity contribution is 0.0992. The number of Topliss-reactive ketones (excluding diaryl/α,β-unsaturated/α-hetero) is 1. The van der Waals surface area contributed by atoms with Crippen LogP contribution in [0.5, 0.6) is 5.88 Å². The third-order valence-electron chi connectivity index (χ3n) is 5.05. The molecule has 5 rings (SSSR count). The summed E-state index contributed by atoms with van der Waals surface area (Å²) in [6, 6.07) is 18.8. The molecule has 0 saturated carbocycles. The van der Waals surface area contributed by atoms with E-state index in [4.69, 9.17) is 11.6 Å². The minimum Gasteiger partial charge on any atom is -0.493 e. The maximum atomic E-state index is 13.0. The summed E-state index contributed by atoms with van der Waals surface area (Å²) < 4.78 is 1.12. The summed E-state index contributed by atoms with van der Waals surface area (Å²) in [4.78, 5) is 33.3. The van der Waals surface area contributed by atoms with Crippen molar-refractivity contribution < 1.29 is 14.7 Å². The number of carbonyl (C=O) groups is 2. The molecule has 10 heteroatoms. The Morgan fingerprint density at radius 2 is 1.76 bits per heavy atom. The average Bonchev–Trinajstić information content (AvgIpc) is 3.34. The Morgan fingerprint density at radius 3 is 2.58 bits per heavy atom. The summed E-state index contributed by atoms with van der Waals surface area (Å²) >= 11 is 5.84. The van der Waals surface area contributed by atoms with E-state index in [1.54, 1.807) is 36.4 Å². The van der Waals surface area contributed by atoms with Crippen LogP contribution in [-0.4, -0.2) is 32.4 Å². The van der Waals surface area contributed by atoms with E-state index in [0.29, 0.717) is 16.3 Å². The van der Waals surface area contributed by atoms with Crippen LogP contribution in [0.15, 0.2) is 82.0 Å². The van der Waals surface area contributed by atoms with Gasteiger partial charge in [-0.1, -0.05) is 54.1 Å². The van der Waals surface area contributed by atoms with Crippen LogP contribution in [0.4, 0.5) is 16.4 Å². The molecule has 4 aromatic rings. The minimum atomic E-state index is -0.722. The molecular weight excluding hydrogens is 444 g/mol. The monoisotopic (exact) mass is 458 g/mol. The van der Waals surface area contributed by atoms with E-state index in [-0.39, 0.29) is 35.7 Å². The van der Waals surface area contributed by atoms with Crippen molar-refractivity contribution in [1.82, 2.24) is 9.55 Å². The molecule has 2 heterocycles. The second-order valence-electron chi connectivity index (χ2n) is 7.19. The van der Waals surface area contributed by atoms with Gasteiger partial charge in [0, 0.05) is 16.3 Å². The molecular formula is C23H15ClN6O3. The quantitative estimate of drug-likeness (QED) is 0.400. The summed E-state index contributed by atoms with van der Waals surface area (Å²) in [5, 5.41) is 23.1. The molecule has 3 aromatic carbocycles. The molecule has 1 aromatic heterocycles. The Hall–Kier alpha value is -4.37. The largest absolute Gasteiger partial charge is 0.493 e. The van der Waals surface area contributed by atoms with Crippen molar-refractivity contribution in [2.24, 2.45) is 15.2 Å². The van der Waals surface area contributed by atoms with Crippen molar-refractivity contribution in [2.75, 3.05) is 5.32 Å². The number of nitrogens with one attached hydrogen (secondary N) is 1. The standard InChI is InChI=1S/C23H15ClN6O3/c24-14-8-10-15(11-9-14)25-23(33)27-22-29-28-21-26-18(20(32)30(21)22)12-19(31)17-7-3-5-13-4-1-2-6-16(13)17/h1-11,32H,12H2,(H,25,33)/b27-22+. The zero-order chi connectivity index (χ0) is 22.9. The number of urea groups is 1. The van der Waals surface area contributed by atoms with E-state index in [1.807, 2.05) is 30.3 Å². The first-order valence-electron chi connectivity index (χ1n) is 9.88. The highest BCUT2D eigenvalue weighted by molar-refractivity contribution is 6.30. The number of nitrogens with zero attached hydrogens (tertiary/aromatic N) is 5. The van der Waals surface area contributed by atoms with E-state index < -0.39 is 6.03 Å². The molecule has 9 nitrogen and oxygen atoms in total. The highest BCUT2D eigenvalue weighted by Gasteiger charge is 2.27. The Balaban J connectivity index is 1.38. The first-order chi connectivity index (χ1) is 16.0. The predicted octanol–water partition coefficient (Wildman–Crippen LogP) is 5.35. The van der Waals surface area contributed by atoms with Gasteiger partial charge >= 0.3 is 6.03 Å². The molecule has 0 aliphatic carbocycles. The Bertz CT molecular complexity index is 1470. The van der Waals surface area contributed by atoms with Gasteiger partial charge in [0.2, 0.25) is 5.88 Å². The van der Waals surface area contributed by atoms with Crippen molar-refractivity contribution in [3.63, 3.8) is 0 Å². The number of anilines is 1. The molecule has 0 unspecified atom stereocenters. The number of halogens is 1. The van der Waals surface area contributed by atoms with Gasteiger partial charge < -0.3 is 10.4 Å². The topological polar surface area (TPSA) is 121 Å². The smallest absolute Gasteiger partial charge is 0.348 e. The number of carbonyl (C=O) groups excluding carboxylic acids is 2. The van der Waals surface area contributed by atoms with Gasteiger partial charge in [-0.05, 0) is 35.0 Å². The van der Waals surface area contributed by atoms with Crippen LogP contribution in [0.1, 0.15) is 16.1 Å². The molecule has 162 valence electrons. The molecule has 1 aliphatic rings. The van der Waals surface area contributed by atoms with E-state index in [9.17, 15) is 14.7 Å². The highest BCUT2D eigenvalue weighted by Crippen LogP contribution is 2.31. The fraction of sp³-hybridized carbons (Fsp3) is 0.0435. The molecule has 2 amide bonds. The van der Waals surface area contributed by atoms with E-state index >= 15 is 0 Å². The van der Waals surface area contributed by atoms with Crippen LogP contribution in [-0.2, 0) is 6.42 Å². The van der Waals surface area contributed by atoms with Crippen molar-refractivity contribution in [3.8, 4) is 5.88 Å². The molecule has 0 spiro atoms. The van der Waals surface area contributed by atoms with Crippen LogP contribution >= 0.6 is 11.6 Å². The average molecular weight is 459 g/mol. The predicted molar refractivity (Wildman–Crippen MR) is 124 cm³/mol. The SMILES string of the molecule is O=C(/N=C1\N=Nc2nc(CC(=O)c3cccc4ccccc34)c(O)n21)Nc1ccc(Cl)cc1. The van der Waals surface area contributed by atoms with Gasteiger partial charge in [-0.25, -0.2) is 14.3 Å². The number of aliphatic imine (C=N–C) groups is 1. The lowest BCUT2D eigenvalue weighted by Crippen LogP contribution is -2.13. The number of amides is 2. The van der Waals surface area contributed by atoms with Crippen LogP contribution < -0.4 is 5.32 Å². The fourth-order valence-corrected chi connectivity index (χ4v) is 3.64. The number of ketones is 1. The number of imidazole rings is 1. The molecule has 33 heavy (non-hydrogen) atoms. The third kappa shape index (κ3) is 3.97. The van der Waals surface area contributed by atoms with E-state index in [0.717, 1.165) is 15.3 Å². The molecule has 0 bridgehead atoms. The van der Waals surface area contributed by atoms with Crippen molar-refractivity contribution in [2.45, 2.75) is 6.42 Å². The number of hydrogen-bond acceptors (Lipinski definition) is 5. The lowest BCUT2D eigenvalue weighted by Gasteiger charge is -2.05. The van der Waals surface area contributed by atoms with Gasteiger partial charge in [-0.3, -0.25) is 4.79 Å². The zero-order valence-corrected chi connectivity index (χ0v) is 17.7. The maximum Gasteiger partial charge on any atom is 0.348 e. The second-order valence-corrected chi connectivity index (χ2v) is 7.63. The van der Waals surface area contributed by atoms with Crippen LogP contribution in [0, 0.1) is 0 Å². The van der Waals surface area contributed by atoms with Gasteiger partial charge in [-0.2, -0.15) is 4.99 Å². The number of azo groups is 1.